The number of rotatable bonds is 29. The number of aliphatic hydroxyl groups excluding tert-OH is 4. The molecule has 0 aromatic rings. The van der Waals surface area contributed by atoms with Crippen LogP contribution in [0.3, 0.4) is 0 Å². The van der Waals surface area contributed by atoms with Crippen LogP contribution in [0, 0.1) is 0 Å². The third-order valence-electron chi connectivity index (χ3n) is 8.82. The second-order valence-electron chi connectivity index (χ2n) is 13.9. The second kappa shape index (κ2) is 30.5. The summed E-state index contributed by atoms with van der Waals surface area (Å²) in [4.78, 5) is 97.1. The van der Waals surface area contributed by atoms with Gasteiger partial charge in [0.15, 0.2) is 0 Å². The second-order valence-corrected chi connectivity index (χ2v) is 13.9. The summed E-state index contributed by atoms with van der Waals surface area (Å²) in [5.74, 6) is -3.28. The minimum atomic E-state index is -0.756. The molecule has 0 aliphatic rings. The van der Waals surface area contributed by atoms with E-state index in [1.165, 1.54) is 52.1 Å². The number of likely N-dealkylation sites (N-methyl/N-ethyl adjacent to an activating group) is 7. The number of amides is 7. The minimum Gasteiger partial charge on any atom is -0.394 e. The summed E-state index contributed by atoms with van der Waals surface area (Å²) in [6, 6.07) is 0. The first-order valence-electron chi connectivity index (χ1n) is 18.5. The average Bonchev–Trinajstić information content (AvgIpc) is 3.13. The van der Waals surface area contributed by atoms with E-state index in [2.05, 4.69) is 15.5 Å². The zero-order chi connectivity index (χ0) is 42.1. The smallest absolute Gasteiger partial charge is 0.242 e. The summed E-state index contributed by atoms with van der Waals surface area (Å²) in [7, 11) is 10.1. The number of carbonyl (C=O) groups excluding carboxylic acids is 7. The number of nitrogens with one attached hydrogen (secondary N) is 2. The van der Waals surface area contributed by atoms with Gasteiger partial charge in [-0.2, -0.15) is 13.5 Å². The van der Waals surface area contributed by atoms with Crippen molar-refractivity contribution >= 4 is 54.8 Å². The van der Waals surface area contributed by atoms with Crippen molar-refractivity contribution in [1.29, 1.82) is 0 Å². The Bertz CT molecular complexity index is 1200. The van der Waals surface area contributed by atoms with Crippen LogP contribution in [0.1, 0.15) is 38.5 Å². The molecule has 0 radical (unpaired) electrons. The maximum Gasteiger partial charge on any atom is 0.242 e. The van der Waals surface area contributed by atoms with E-state index in [0.717, 1.165) is 32.4 Å². The first kappa shape index (κ1) is 54.5. The largest absolute Gasteiger partial charge is 0.394 e. The summed E-state index contributed by atoms with van der Waals surface area (Å²) in [5, 5.41) is 42.7. The van der Waals surface area contributed by atoms with Crippen LogP contribution >= 0.6 is 13.5 Å². The lowest BCUT2D eigenvalue weighted by molar-refractivity contribution is -0.145. The highest BCUT2D eigenvalue weighted by atomic mass is 32.1. The van der Waals surface area contributed by atoms with E-state index in [4.69, 9.17) is 10.2 Å². The van der Waals surface area contributed by atoms with Crippen LogP contribution in [0.15, 0.2) is 0 Å². The number of nitrogens with zero attached hydrogens (tertiary/aromatic N) is 7. The maximum atomic E-state index is 12.8. The standard InChI is InChI=1S/C35H67N9O11.H2S/c1-36-18-30(50)39(3)20-32(52)41(5)22-34(54)43(7)24-35(55)42(6)23-33(53)40(4)21-31(51)38(2)19-29(49)37-14-17-44(15-10-8-12-27(47)25-45)16-11-9-13-28(48)26-46;/h27-28,36,45-48H,8-26H2,1-7H3,(H,37,49);1H2. The molecular formula is C35H69N9O11S. The molecule has 6 N–H and O–H groups in total. The van der Waals surface area contributed by atoms with Gasteiger partial charge < -0.3 is 65.4 Å². The lowest BCUT2D eigenvalue weighted by atomic mass is 10.1. The van der Waals surface area contributed by atoms with Crippen molar-refractivity contribution in [2.45, 2.75) is 50.7 Å². The summed E-state index contributed by atoms with van der Waals surface area (Å²) >= 11 is 0. The maximum absolute atomic E-state index is 12.8. The molecule has 0 aliphatic carbocycles. The molecule has 0 aliphatic heterocycles. The fourth-order valence-corrected chi connectivity index (χ4v) is 5.01. The zero-order valence-electron chi connectivity index (χ0n) is 34.4. The van der Waals surface area contributed by atoms with Gasteiger partial charge in [-0.15, -0.1) is 0 Å². The van der Waals surface area contributed by atoms with Crippen molar-refractivity contribution in [3.05, 3.63) is 0 Å². The summed E-state index contributed by atoms with van der Waals surface area (Å²) in [6.07, 6.45) is 2.43. The predicted octanol–water partition coefficient (Wildman–Crippen LogP) is -4.47. The van der Waals surface area contributed by atoms with E-state index in [0.29, 0.717) is 51.9 Å². The quantitative estimate of drug-likeness (QED) is 0.0391. The highest BCUT2D eigenvalue weighted by Crippen LogP contribution is 2.06. The number of hydrogen-bond donors (Lipinski definition) is 6. The van der Waals surface area contributed by atoms with Gasteiger partial charge >= 0.3 is 0 Å². The average molecular weight is 824 g/mol. The number of aliphatic hydroxyl groups is 4. The van der Waals surface area contributed by atoms with Crippen molar-refractivity contribution in [1.82, 2.24) is 44.9 Å². The Morgan fingerprint density at radius 1 is 0.500 bits per heavy atom. The monoisotopic (exact) mass is 823 g/mol. The third kappa shape index (κ3) is 24.1. The molecule has 2 unspecified atom stereocenters. The Balaban J connectivity index is 0. The van der Waals surface area contributed by atoms with Gasteiger partial charge in [0.05, 0.1) is 71.2 Å². The zero-order valence-corrected chi connectivity index (χ0v) is 35.4. The third-order valence-corrected chi connectivity index (χ3v) is 8.82. The van der Waals surface area contributed by atoms with Gasteiger partial charge in [-0.25, -0.2) is 0 Å². The van der Waals surface area contributed by atoms with Gasteiger partial charge in [-0.05, 0) is 58.7 Å². The first-order chi connectivity index (χ1) is 25.9. The molecule has 0 bridgehead atoms. The van der Waals surface area contributed by atoms with Crippen LogP contribution in [0.2, 0.25) is 0 Å². The van der Waals surface area contributed by atoms with Crippen molar-refractivity contribution in [3.8, 4) is 0 Å². The molecule has 0 spiro atoms. The molecular weight excluding hydrogens is 755 g/mol. The van der Waals surface area contributed by atoms with Crippen molar-refractivity contribution in [2.24, 2.45) is 0 Å². The minimum absolute atomic E-state index is 0. The lowest BCUT2D eigenvalue weighted by Crippen LogP contribution is -2.49. The number of unbranched alkanes of at least 4 members (excludes halogenated alkanes) is 2. The molecule has 0 saturated heterocycles. The highest BCUT2D eigenvalue weighted by Gasteiger charge is 2.24. The number of hydrogen-bond acceptors (Lipinski definition) is 13. The van der Waals surface area contributed by atoms with Gasteiger partial charge in [0.2, 0.25) is 41.4 Å². The topological polar surface area (TPSA) is 247 Å². The van der Waals surface area contributed by atoms with Crippen molar-refractivity contribution in [2.75, 3.05) is 135 Å². The molecule has 56 heavy (non-hydrogen) atoms. The molecule has 0 aromatic heterocycles. The molecule has 326 valence electrons. The van der Waals surface area contributed by atoms with Crippen LogP contribution in [0.5, 0.6) is 0 Å². The van der Waals surface area contributed by atoms with Crippen LogP contribution < -0.4 is 10.6 Å². The fraction of sp³-hybridized carbons (Fsp3) is 0.800. The van der Waals surface area contributed by atoms with E-state index in [1.54, 1.807) is 7.05 Å². The van der Waals surface area contributed by atoms with Gasteiger partial charge in [0.25, 0.3) is 0 Å². The Morgan fingerprint density at radius 3 is 1.14 bits per heavy atom. The van der Waals surface area contributed by atoms with E-state index >= 15 is 0 Å². The molecule has 0 rings (SSSR count). The van der Waals surface area contributed by atoms with E-state index in [9.17, 15) is 43.8 Å². The number of carbonyl (C=O) groups is 7. The van der Waals surface area contributed by atoms with Gasteiger partial charge in [0.1, 0.15) is 0 Å². The van der Waals surface area contributed by atoms with Crippen LogP contribution in [-0.2, 0) is 33.6 Å². The summed E-state index contributed by atoms with van der Waals surface area (Å²) < 4.78 is 0. The van der Waals surface area contributed by atoms with Crippen LogP contribution in [-0.4, -0.2) is 243 Å². The molecule has 0 fully saturated rings. The van der Waals surface area contributed by atoms with Gasteiger partial charge in [-0.3, -0.25) is 33.6 Å². The highest BCUT2D eigenvalue weighted by molar-refractivity contribution is 7.59. The van der Waals surface area contributed by atoms with E-state index in [-0.39, 0.29) is 78.4 Å². The Kier molecular flexibility index (Phi) is 29.7. The van der Waals surface area contributed by atoms with E-state index in [1.807, 2.05) is 0 Å². The van der Waals surface area contributed by atoms with E-state index < -0.39 is 47.7 Å². The molecule has 2 atom stereocenters. The molecule has 20 nitrogen and oxygen atoms in total. The van der Waals surface area contributed by atoms with Gasteiger partial charge in [-0.1, -0.05) is 0 Å². The van der Waals surface area contributed by atoms with Crippen molar-refractivity contribution < 1.29 is 54.0 Å². The summed E-state index contributed by atoms with van der Waals surface area (Å²) in [5.41, 5.74) is 0. The predicted molar refractivity (Wildman–Crippen MR) is 213 cm³/mol. The van der Waals surface area contributed by atoms with Crippen molar-refractivity contribution in [3.63, 3.8) is 0 Å². The molecule has 0 aromatic carbocycles. The Labute approximate surface area is 338 Å². The molecule has 0 heterocycles. The molecule has 21 heteroatoms. The van der Waals surface area contributed by atoms with Gasteiger partial charge in [0, 0.05) is 55.4 Å². The Morgan fingerprint density at radius 2 is 0.821 bits per heavy atom. The summed E-state index contributed by atoms with van der Waals surface area (Å²) in [6.45, 7) is -0.167. The van der Waals surface area contributed by atoms with Crippen LogP contribution in [0.25, 0.3) is 0 Å². The molecule has 0 saturated carbocycles. The molecule has 7 amide bonds. The Hall–Kier alpha value is -3.60. The first-order valence-corrected chi connectivity index (χ1v) is 18.5. The van der Waals surface area contributed by atoms with Crippen LogP contribution in [0.4, 0.5) is 0 Å². The normalized spacial score (nSPS) is 11.9. The fourth-order valence-electron chi connectivity index (χ4n) is 5.01. The SMILES string of the molecule is CNCC(=O)N(C)CC(=O)N(C)CC(=O)N(C)CC(=O)N(C)CC(=O)N(C)CC(=O)N(C)CC(=O)NCCN(CCCCC(O)CO)CCCCC(O)CO.S. The lowest BCUT2D eigenvalue weighted by Gasteiger charge is -2.26.